The van der Waals surface area contributed by atoms with Crippen molar-refractivity contribution in [3.8, 4) is 0 Å². The van der Waals surface area contributed by atoms with E-state index in [2.05, 4.69) is 72.8 Å². The highest BCUT2D eigenvalue weighted by atomic mass is 16.5. The number of ether oxygens (including phenoxy) is 3. The number of fused-ring (bicyclic) bond motifs is 12. The molecule has 4 spiro atoms. The maximum atomic E-state index is 13.3. The van der Waals surface area contributed by atoms with Gasteiger partial charge < -0.3 is 39.7 Å². The number of hydrogen-bond donors (Lipinski definition) is 5. The number of aliphatic carboxylic acids is 1. The minimum atomic E-state index is -1.23. The van der Waals surface area contributed by atoms with Crippen LogP contribution in [0.15, 0.2) is 138 Å². The van der Waals surface area contributed by atoms with Crippen molar-refractivity contribution in [2.75, 3.05) is 20.3 Å². The lowest BCUT2D eigenvalue weighted by molar-refractivity contribution is -0.151. The minimum absolute atomic E-state index is 0.000841. The average molecular weight is 1610 g/mol. The number of aliphatic hydroxyl groups is 4. The van der Waals surface area contributed by atoms with E-state index in [9.17, 15) is 83.1 Å². The van der Waals surface area contributed by atoms with Gasteiger partial charge in [0.2, 0.25) is 0 Å². The van der Waals surface area contributed by atoms with Crippen molar-refractivity contribution >= 4 is 70.1 Å². The molecular formula is C98H116O20. The molecule has 20 aliphatic carbocycles. The maximum absolute atomic E-state index is 13.3. The summed E-state index contributed by atoms with van der Waals surface area (Å²) in [5.74, 6) is -5.20. The predicted molar refractivity (Wildman–Crippen MR) is 432 cm³/mol. The number of ketones is 8. The number of allylic oxidation sites excluding steroid dienone is 16. The minimum Gasteiger partial charge on any atom is -0.481 e. The van der Waals surface area contributed by atoms with Gasteiger partial charge in [0, 0.05) is 73.0 Å². The summed E-state index contributed by atoms with van der Waals surface area (Å²) in [5.41, 5.74) is 9.38. The maximum Gasteiger partial charge on any atom is 0.316 e. The molecule has 0 aliphatic heterocycles. The Labute approximate surface area is 690 Å². The third-order valence-electron chi connectivity index (χ3n) is 35.7. The predicted octanol–water partition coefficient (Wildman–Crippen LogP) is 14.0. The highest BCUT2D eigenvalue weighted by molar-refractivity contribution is 6.02. The summed E-state index contributed by atoms with van der Waals surface area (Å²) in [6.07, 6.45) is 29.9. The van der Waals surface area contributed by atoms with Crippen molar-refractivity contribution in [2.24, 2.45) is 88.7 Å². The molecule has 0 aromatic heterocycles. The van der Waals surface area contributed by atoms with Gasteiger partial charge in [-0.2, -0.15) is 0 Å². The van der Waals surface area contributed by atoms with Crippen LogP contribution in [0.5, 0.6) is 0 Å². The van der Waals surface area contributed by atoms with Crippen molar-refractivity contribution in [3.63, 3.8) is 0 Å². The van der Waals surface area contributed by atoms with Gasteiger partial charge in [0.05, 0.1) is 66.4 Å². The number of carbonyl (C=O) groups excluding carboxylic acids is 11. The van der Waals surface area contributed by atoms with Gasteiger partial charge in [-0.3, -0.25) is 57.5 Å². The first-order chi connectivity index (χ1) is 55.7. The molecule has 0 heterocycles. The first-order valence-electron chi connectivity index (χ1n) is 44.0. The lowest BCUT2D eigenvalue weighted by atomic mass is 9.50. The molecule has 20 rings (SSSR count). The first-order valence-corrected chi connectivity index (χ1v) is 44.0. The van der Waals surface area contributed by atoms with Gasteiger partial charge in [0.1, 0.15) is 46.8 Å². The van der Waals surface area contributed by atoms with E-state index < -0.39 is 115 Å². The van der Waals surface area contributed by atoms with Crippen LogP contribution < -0.4 is 0 Å². The van der Waals surface area contributed by atoms with E-state index in [0.29, 0.717) is 131 Å². The Morgan fingerprint density at radius 1 is 0.347 bits per heavy atom. The summed E-state index contributed by atoms with van der Waals surface area (Å²) in [4.78, 5) is 153. The highest BCUT2D eigenvalue weighted by Crippen LogP contribution is 2.76. The zero-order valence-electron chi connectivity index (χ0n) is 70.5. The standard InChI is InChI=1S/C26H32O5.C25H30O5.C24H28O5.C23H26O5/c1-4-13-31-23(30)21-20-16(25(3)11-5-15(27)14-18(25)22(21)29)7-12-26-17(20)6-9-24(26,2)10-8-19(26)28;1-4-30-22(29)20-19-15(24(3)11-5-14(26)13-17(24)21(20)28)7-12-25-16(19)6-9-23(25,2)10-8-18(25)27;1-22-8-5-15-18-14(6-11-24(15,22)17(26)7-9-22)23(2)10-4-13(25)12-16(23)20(27)19(18)21(28)29-3;1-21-7-4-14-17-13(5-10-23(14,21)16(25)6-8-21)22(2)9-3-12(24)11-15(22)19(26)18(17)20(27)28/h6,14,21-22,29H,4-5,7-13H2,1-3H3;6,13,20-21,28H,4-5,7-12H2,1-3H3;5,12,19-20,27H,4,6-11H2,1-3H3;4,11,18-19,26H,3,5-10H2,1-2H3,(H,27,28)/t21-,22-,24-,25?,26?;20-,21-,23-,24?,25?;19-,20-,22-,23?,24?;18-,19-,21-,22?,23?/m0000/s1. The molecule has 5 N–H and O–H groups in total. The second kappa shape index (κ2) is 27.7. The second-order valence-corrected chi connectivity index (χ2v) is 40.5. The summed E-state index contributed by atoms with van der Waals surface area (Å²) in [6.45, 7) is 21.3. The summed E-state index contributed by atoms with van der Waals surface area (Å²) in [5, 5.41) is 55.3. The number of carboxylic acid groups (broad SMARTS) is 1. The largest absolute Gasteiger partial charge is 0.481 e. The van der Waals surface area contributed by atoms with Crippen LogP contribution in [0.4, 0.5) is 0 Å². The fourth-order valence-corrected chi connectivity index (χ4v) is 29.1. The molecule has 4 fully saturated rings. The Morgan fingerprint density at radius 3 is 0.856 bits per heavy atom. The van der Waals surface area contributed by atoms with Gasteiger partial charge in [-0.15, -0.1) is 0 Å². The van der Waals surface area contributed by atoms with Crippen molar-refractivity contribution in [2.45, 2.75) is 280 Å². The monoisotopic (exact) mass is 1610 g/mol. The van der Waals surface area contributed by atoms with Crippen molar-refractivity contribution in [1.82, 2.24) is 0 Å². The summed E-state index contributed by atoms with van der Waals surface area (Å²) in [6, 6.07) is 0. The van der Waals surface area contributed by atoms with Gasteiger partial charge >= 0.3 is 23.9 Å². The number of esters is 3. The Balaban J connectivity index is 0.000000113. The Kier molecular flexibility index (Phi) is 19.3. The van der Waals surface area contributed by atoms with Crippen molar-refractivity contribution in [3.05, 3.63) is 138 Å². The number of methoxy groups -OCH3 is 1. The average Bonchev–Trinajstić information content (AvgIpc) is 1.43. The van der Waals surface area contributed by atoms with Gasteiger partial charge in [0.15, 0.2) is 23.1 Å². The van der Waals surface area contributed by atoms with Gasteiger partial charge in [-0.05, 0) is 255 Å². The smallest absolute Gasteiger partial charge is 0.316 e. The molecule has 4 saturated carbocycles. The van der Waals surface area contributed by atoms with Crippen LogP contribution in [0.1, 0.15) is 255 Å². The Morgan fingerprint density at radius 2 is 0.602 bits per heavy atom. The normalized spacial score (nSPS) is 42.7. The molecule has 118 heavy (non-hydrogen) atoms. The van der Waals surface area contributed by atoms with Crippen LogP contribution in [0.3, 0.4) is 0 Å². The van der Waals surface area contributed by atoms with Crippen LogP contribution in [0.25, 0.3) is 0 Å². The molecule has 0 bridgehead atoms. The third-order valence-corrected chi connectivity index (χ3v) is 35.7. The van der Waals surface area contributed by atoms with E-state index in [1.54, 1.807) is 25.2 Å². The molecule has 628 valence electrons. The van der Waals surface area contributed by atoms with Crippen LogP contribution in [0, 0.1) is 88.7 Å². The van der Waals surface area contributed by atoms with Crippen molar-refractivity contribution in [1.29, 1.82) is 0 Å². The van der Waals surface area contributed by atoms with Crippen LogP contribution >= 0.6 is 0 Å². The molecule has 8 unspecified atom stereocenters. The molecule has 20 heteroatoms. The molecule has 0 radical (unpaired) electrons. The number of carbonyl (C=O) groups is 12. The van der Waals surface area contributed by atoms with Gasteiger partial charge in [-0.1, -0.05) is 109 Å². The van der Waals surface area contributed by atoms with E-state index in [1.807, 2.05) is 13.8 Å². The van der Waals surface area contributed by atoms with E-state index in [-0.39, 0.29) is 74.5 Å². The molecule has 0 aromatic rings. The van der Waals surface area contributed by atoms with E-state index in [4.69, 9.17) is 14.2 Å². The number of hydrogen-bond acceptors (Lipinski definition) is 19. The number of Topliss-reactive ketones (excluding diaryl/α,β-unsaturated/α-hetero) is 4. The zero-order chi connectivity index (χ0) is 84.5. The molecule has 0 amide bonds. The van der Waals surface area contributed by atoms with Gasteiger partial charge in [-0.25, -0.2) is 0 Å². The van der Waals surface area contributed by atoms with E-state index in [0.717, 1.165) is 151 Å². The lowest BCUT2D eigenvalue weighted by Crippen LogP contribution is -2.51. The molecule has 20 nitrogen and oxygen atoms in total. The summed E-state index contributed by atoms with van der Waals surface area (Å²) < 4.78 is 16.0. The van der Waals surface area contributed by atoms with Crippen LogP contribution in [0.2, 0.25) is 0 Å². The lowest BCUT2D eigenvalue weighted by Gasteiger charge is -2.53. The fourth-order valence-electron chi connectivity index (χ4n) is 29.1. The number of rotatable bonds is 7. The first kappa shape index (κ1) is 82.3. The van der Waals surface area contributed by atoms with Gasteiger partial charge in [0.25, 0.3) is 0 Å². The molecule has 20 atom stereocenters. The Hall–Kier alpha value is -8.04. The van der Waals surface area contributed by atoms with Crippen LogP contribution in [-0.4, -0.2) is 140 Å². The molecule has 20 aliphatic rings. The topological polar surface area (TPSA) is 334 Å². The quantitative estimate of drug-likeness (QED) is 0.117. The molecule has 0 saturated heterocycles. The SMILES string of the molecule is CC12CCC(=O)C=C1[C@H](O)[C@@H](C(=O)O)C1=C2CCC23C(=O)CC[C@]2(C)CC=C13.CCCOC(=O)[C@H]1C2=C(CCC34C(=O)CC[C@]3(C)CC=C24)C2(C)CCC(=O)C=C2[C@@H]1O.CCOC(=O)[C@H]1C2=C(CCC34C(=O)CC[C@]3(C)CC=C24)C2(C)CCC(=O)C=C2[C@@H]1O.COC(=O)[C@H]1C2=C(CCC34C(=O)CC[C@]3(C)CC=C24)C2(C)CCC(=O)C=C2[C@@H]1O. The fraction of sp³-hybridized carbons (Fsp3) is 0.633. The second-order valence-electron chi connectivity index (χ2n) is 40.5. The number of aliphatic hydroxyl groups excluding tert-OH is 4. The third kappa shape index (κ3) is 10.6. The zero-order valence-corrected chi connectivity index (χ0v) is 70.5. The summed E-state index contributed by atoms with van der Waals surface area (Å²) >= 11 is 0. The van der Waals surface area contributed by atoms with Crippen molar-refractivity contribution < 1.29 is 97.3 Å². The molecule has 0 aromatic carbocycles. The summed E-state index contributed by atoms with van der Waals surface area (Å²) in [7, 11) is 1.33. The Bertz CT molecular complexity index is 5080. The van der Waals surface area contributed by atoms with E-state index in [1.165, 1.54) is 13.2 Å². The highest BCUT2D eigenvalue weighted by Gasteiger charge is 2.72. The van der Waals surface area contributed by atoms with E-state index >= 15 is 0 Å². The molecular weight excluding hydrogens is 1500 g/mol. The number of carboxylic acids is 1. The van der Waals surface area contributed by atoms with Crippen LogP contribution in [-0.2, 0) is 71.7 Å².